The van der Waals surface area contributed by atoms with Gasteiger partial charge in [0, 0.05) is 19.3 Å². The molecule has 120 valence electrons. The monoisotopic (exact) mass is 314 g/mol. The summed E-state index contributed by atoms with van der Waals surface area (Å²) in [5.41, 5.74) is 0. The molecule has 0 aromatic carbocycles. The number of hydrogen-bond donors (Lipinski definition) is 0. The van der Waals surface area contributed by atoms with Gasteiger partial charge in [-0.2, -0.15) is 8.78 Å². The van der Waals surface area contributed by atoms with Gasteiger partial charge in [0.25, 0.3) is 0 Å². The highest BCUT2D eigenvalue weighted by Gasteiger charge is 2.50. The van der Waals surface area contributed by atoms with Gasteiger partial charge in [-0.3, -0.25) is 0 Å². The highest BCUT2D eigenvalue weighted by atomic mass is 19.3. The van der Waals surface area contributed by atoms with Crippen molar-refractivity contribution in [3.63, 3.8) is 0 Å². The number of ether oxygens (including phenoxy) is 2. The molecule has 0 N–H and O–H groups in total. The second-order valence-electron chi connectivity index (χ2n) is 5.95. The summed E-state index contributed by atoms with van der Waals surface area (Å²) < 4.78 is 37.3. The summed E-state index contributed by atoms with van der Waals surface area (Å²) in [5, 5.41) is 0. The van der Waals surface area contributed by atoms with Crippen LogP contribution in [0.2, 0.25) is 0 Å². The van der Waals surface area contributed by atoms with E-state index >= 15 is 0 Å². The van der Waals surface area contributed by atoms with Gasteiger partial charge in [-0.1, -0.05) is 0 Å². The van der Waals surface area contributed by atoms with Crippen LogP contribution in [0.4, 0.5) is 13.6 Å². The molecule has 1 heterocycles. The number of alkyl halides is 2. The topological polar surface area (TPSA) is 70.4 Å². The summed E-state index contributed by atoms with van der Waals surface area (Å²) in [5.74, 6) is -4.95. The van der Waals surface area contributed by atoms with E-state index in [1.807, 2.05) is 0 Å². The number of fused-ring (bicyclic) bond motifs is 2. The Morgan fingerprint density at radius 2 is 1.82 bits per heavy atom. The largest absolute Gasteiger partial charge is 0.458 e. The minimum atomic E-state index is -3.48. The van der Waals surface area contributed by atoms with Crippen LogP contribution in [-0.2, 0) is 14.3 Å². The fourth-order valence-electron chi connectivity index (χ4n) is 3.26. The zero-order valence-electron chi connectivity index (χ0n) is 11.9. The first kappa shape index (κ1) is 14.9. The highest BCUT2D eigenvalue weighted by molar-refractivity contribution is 5.77. The fraction of sp³-hybridized carbons (Fsp3) is 0.643. The average Bonchev–Trinajstić information content (AvgIpc) is 3.13. The molecule has 22 heavy (non-hydrogen) atoms. The van der Waals surface area contributed by atoms with Crippen molar-refractivity contribution < 1.29 is 27.8 Å². The molecule has 0 saturated heterocycles. The Balaban J connectivity index is 1.54. The first-order valence-corrected chi connectivity index (χ1v) is 7.12. The van der Waals surface area contributed by atoms with Crippen molar-refractivity contribution >= 4 is 12.1 Å². The molecule has 2 bridgehead atoms. The Bertz CT molecular complexity index is 570. The molecular formula is C14H16F2N2O4. The summed E-state index contributed by atoms with van der Waals surface area (Å²) in [6.07, 6.45) is 4.73. The third-order valence-corrected chi connectivity index (χ3v) is 4.31. The van der Waals surface area contributed by atoms with Gasteiger partial charge in [0.05, 0.1) is 0 Å². The summed E-state index contributed by atoms with van der Waals surface area (Å²) in [6.45, 7) is 0.526. The number of halogens is 2. The van der Waals surface area contributed by atoms with Crippen molar-refractivity contribution in [1.82, 2.24) is 9.55 Å². The van der Waals surface area contributed by atoms with Gasteiger partial charge in [0.15, 0.2) is 0 Å². The van der Waals surface area contributed by atoms with Crippen LogP contribution < -0.4 is 0 Å². The van der Waals surface area contributed by atoms with Crippen LogP contribution >= 0.6 is 0 Å². The zero-order valence-corrected chi connectivity index (χ0v) is 11.9. The lowest BCUT2D eigenvalue weighted by molar-refractivity contribution is -0.178. The van der Waals surface area contributed by atoms with Crippen LogP contribution in [0, 0.1) is 11.8 Å². The molecule has 2 aliphatic rings. The molecule has 4 atom stereocenters. The molecular weight excluding hydrogens is 298 g/mol. The van der Waals surface area contributed by atoms with Gasteiger partial charge >= 0.3 is 18.0 Å². The maximum absolute atomic E-state index is 12.9. The lowest BCUT2D eigenvalue weighted by atomic mass is 9.95. The Kier molecular flexibility index (Phi) is 3.62. The predicted octanol–water partition coefficient (Wildman–Crippen LogP) is 2.23. The molecule has 4 unspecified atom stereocenters. The van der Waals surface area contributed by atoms with Gasteiger partial charge < -0.3 is 9.47 Å². The molecule has 0 radical (unpaired) electrons. The zero-order chi connectivity index (χ0) is 15.9. The Morgan fingerprint density at radius 1 is 1.18 bits per heavy atom. The van der Waals surface area contributed by atoms with Crippen molar-refractivity contribution in [2.24, 2.45) is 11.8 Å². The first-order valence-electron chi connectivity index (χ1n) is 7.12. The van der Waals surface area contributed by atoms with Gasteiger partial charge in [0.2, 0.25) is 0 Å². The van der Waals surface area contributed by atoms with Crippen LogP contribution in [-0.4, -0.2) is 39.7 Å². The van der Waals surface area contributed by atoms with E-state index in [1.54, 1.807) is 0 Å². The van der Waals surface area contributed by atoms with E-state index in [0.29, 0.717) is 19.8 Å². The molecule has 0 amide bonds. The van der Waals surface area contributed by atoms with Crippen molar-refractivity contribution in [2.75, 3.05) is 0 Å². The molecule has 2 aliphatic carbocycles. The van der Waals surface area contributed by atoms with Gasteiger partial charge in [0.1, 0.15) is 18.5 Å². The summed E-state index contributed by atoms with van der Waals surface area (Å²) in [7, 11) is 0. The smallest absolute Gasteiger partial charge is 0.419 e. The Morgan fingerprint density at radius 3 is 2.32 bits per heavy atom. The third-order valence-electron chi connectivity index (χ3n) is 4.31. The highest BCUT2D eigenvalue weighted by Crippen LogP contribution is 2.47. The van der Waals surface area contributed by atoms with Crippen LogP contribution in [0.25, 0.3) is 0 Å². The maximum atomic E-state index is 12.9. The standard InChI is InChI=1S/C14H16F2N2O4/c1-14(15,16)12(19)21-10-5-9-4-8(10)6-11(9)22-13(20)18-3-2-17-7-18/h2-3,7-11H,4-6H2,1H3. The van der Waals surface area contributed by atoms with Gasteiger partial charge in [-0.15, -0.1) is 0 Å². The number of nitrogens with zero attached hydrogens (tertiary/aromatic N) is 2. The molecule has 8 heteroatoms. The third kappa shape index (κ3) is 2.82. The van der Waals surface area contributed by atoms with E-state index in [0.717, 1.165) is 6.42 Å². The van der Waals surface area contributed by atoms with E-state index in [1.165, 1.54) is 23.3 Å². The molecule has 1 aromatic heterocycles. The second-order valence-corrected chi connectivity index (χ2v) is 5.95. The molecule has 0 spiro atoms. The SMILES string of the molecule is CC(F)(F)C(=O)OC1CC2CC1CC2OC(=O)n1ccnc1. The van der Waals surface area contributed by atoms with Crippen LogP contribution in [0.1, 0.15) is 26.2 Å². The number of rotatable bonds is 3. The van der Waals surface area contributed by atoms with Gasteiger partial charge in [-0.05, 0) is 31.1 Å². The van der Waals surface area contributed by atoms with Gasteiger partial charge in [-0.25, -0.2) is 19.1 Å². The molecule has 2 saturated carbocycles. The molecule has 0 aliphatic heterocycles. The van der Waals surface area contributed by atoms with Crippen molar-refractivity contribution in [3.05, 3.63) is 18.7 Å². The number of aromatic nitrogens is 2. The molecule has 3 rings (SSSR count). The number of carbonyl (C=O) groups is 2. The van der Waals surface area contributed by atoms with E-state index in [2.05, 4.69) is 4.98 Å². The quantitative estimate of drug-likeness (QED) is 0.800. The Labute approximate surface area is 125 Å². The number of hydrogen-bond acceptors (Lipinski definition) is 5. The van der Waals surface area contributed by atoms with Crippen LogP contribution in [0.5, 0.6) is 0 Å². The molecule has 2 fully saturated rings. The number of imidazole rings is 1. The van der Waals surface area contributed by atoms with Crippen molar-refractivity contribution in [3.8, 4) is 0 Å². The average molecular weight is 314 g/mol. The molecule has 1 aromatic rings. The maximum Gasteiger partial charge on any atom is 0.419 e. The van der Waals surface area contributed by atoms with E-state index in [-0.39, 0.29) is 17.9 Å². The van der Waals surface area contributed by atoms with E-state index in [4.69, 9.17) is 9.47 Å². The van der Waals surface area contributed by atoms with E-state index in [9.17, 15) is 18.4 Å². The first-order chi connectivity index (χ1) is 10.3. The second kappa shape index (κ2) is 5.33. The lowest BCUT2D eigenvalue weighted by Crippen LogP contribution is -2.36. The normalized spacial score (nSPS) is 30.3. The van der Waals surface area contributed by atoms with E-state index < -0.39 is 24.1 Å². The Hall–Kier alpha value is -1.99. The summed E-state index contributed by atoms with van der Waals surface area (Å²) >= 11 is 0. The molecule has 6 nitrogen and oxygen atoms in total. The minimum absolute atomic E-state index is 0.0307. The lowest BCUT2D eigenvalue weighted by Gasteiger charge is -2.28. The summed E-state index contributed by atoms with van der Waals surface area (Å²) in [6, 6.07) is 0. The van der Waals surface area contributed by atoms with Crippen LogP contribution in [0.15, 0.2) is 18.7 Å². The fourth-order valence-corrected chi connectivity index (χ4v) is 3.26. The number of esters is 1. The minimum Gasteiger partial charge on any atom is -0.458 e. The van der Waals surface area contributed by atoms with Crippen LogP contribution in [0.3, 0.4) is 0 Å². The number of carbonyl (C=O) groups excluding carboxylic acids is 2. The summed E-state index contributed by atoms with van der Waals surface area (Å²) in [4.78, 5) is 26.9. The predicted molar refractivity (Wildman–Crippen MR) is 69.2 cm³/mol. The van der Waals surface area contributed by atoms with Crippen molar-refractivity contribution in [1.29, 1.82) is 0 Å². The van der Waals surface area contributed by atoms with Crippen molar-refractivity contribution in [2.45, 2.75) is 44.3 Å².